The van der Waals surface area contributed by atoms with E-state index in [0.717, 1.165) is 12.0 Å². The summed E-state index contributed by atoms with van der Waals surface area (Å²) >= 11 is 6.09. The number of rotatable bonds is 7. The Morgan fingerprint density at radius 2 is 1.67 bits per heavy atom. The molecule has 0 saturated heterocycles. The van der Waals surface area contributed by atoms with Crippen molar-refractivity contribution in [3.8, 4) is 5.75 Å². The molecule has 0 aliphatic heterocycles. The van der Waals surface area contributed by atoms with Gasteiger partial charge in [-0.3, -0.25) is 4.79 Å². The minimum Gasteiger partial charge on any atom is -0.479 e. The third-order valence-electron chi connectivity index (χ3n) is 3.74. The molecule has 0 fully saturated rings. The van der Waals surface area contributed by atoms with Crippen molar-refractivity contribution in [2.75, 3.05) is 0 Å². The Labute approximate surface area is 149 Å². The van der Waals surface area contributed by atoms with E-state index in [2.05, 4.69) is 19.2 Å². The molecule has 128 valence electrons. The van der Waals surface area contributed by atoms with Crippen LogP contribution in [0.1, 0.15) is 38.8 Å². The summed E-state index contributed by atoms with van der Waals surface area (Å²) in [5.41, 5.74) is 1.10. The number of nitrogens with one attached hydrogen (secondary N) is 1. The first-order chi connectivity index (χ1) is 11.5. The fourth-order valence-electron chi connectivity index (χ4n) is 2.51. The number of hydrogen-bond acceptors (Lipinski definition) is 2. The Balaban J connectivity index is 2.05. The van der Waals surface area contributed by atoms with Crippen LogP contribution in [0.4, 0.5) is 0 Å². The summed E-state index contributed by atoms with van der Waals surface area (Å²) < 4.78 is 5.70. The number of carbonyl (C=O) groups is 1. The van der Waals surface area contributed by atoms with E-state index in [1.807, 2.05) is 42.5 Å². The molecule has 2 aromatic carbocycles. The minimum atomic E-state index is -0.622. The van der Waals surface area contributed by atoms with Crippen molar-refractivity contribution < 1.29 is 9.53 Å². The predicted octanol–water partition coefficient (Wildman–Crippen LogP) is 5.01. The smallest absolute Gasteiger partial charge is 0.261 e. The summed E-state index contributed by atoms with van der Waals surface area (Å²) in [5.74, 6) is 0.835. The van der Waals surface area contributed by atoms with Gasteiger partial charge < -0.3 is 10.1 Å². The fraction of sp³-hybridized carbons (Fsp3) is 0.350. The fourth-order valence-corrected chi connectivity index (χ4v) is 2.69. The largest absolute Gasteiger partial charge is 0.479 e. The molecular weight excluding hydrogens is 322 g/mol. The third kappa shape index (κ3) is 5.27. The molecule has 0 aliphatic rings. The van der Waals surface area contributed by atoms with Gasteiger partial charge >= 0.3 is 0 Å². The molecule has 1 amide bonds. The number of carbonyl (C=O) groups excluding carboxylic acids is 1. The van der Waals surface area contributed by atoms with Crippen molar-refractivity contribution in [3.05, 3.63) is 65.2 Å². The standard InChI is InChI=1S/C20H24ClNO2/c1-14(2)13-18(16-9-5-4-6-10-16)22-20(23)15(3)24-19-12-8-7-11-17(19)21/h4-12,14-15,18H,13H2,1-3H3,(H,22,23)/t15-,18+/m1/s1. The monoisotopic (exact) mass is 345 g/mol. The molecule has 2 aromatic rings. The molecule has 0 spiro atoms. The lowest BCUT2D eigenvalue weighted by Gasteiger charge is -2.23. The second-order valence-electron chi connectivity index (χ2n) is 6.29. The van der Waals surface area contributed by atoms with E-state index < -0.39 is 6.10 Å². The highest BCUT2D eigenvalue weighted by molar-refractivity contribution is 6.32. The second-order valence-corrected chi connectivity index (χ2v) is 6.70. The maximum Gasteiger partial charge on any atom is 0.261 e. The summed E-state index contributed by atoms with van der Waals surface area (Å²) in [6.45, 7) is 6.02. The van der Waals surface area contributed by atoms with Gasteiger partial charge in [0, 0.05) is 0 Å². The Morgan fingerprint density at radius 1 is 1.04 bits per heavy atom. The molecule has 0 aromatic heterocycles. The van der Waals surface area contributed by atoms with Crippen molar-refractivity contribution in [2.45, 2.75) is 39.3 Å². The third-order valence-corrected chi connectivity index (χ3v) is 4.05. The number of halogens is 1. The van der Waals surface area contributed by atoms with Crippen molar-refractivity contribution in [2.24, 2.45) is 5.92 Å². The van der Waals surface area contributed by atoms with Crippen LogP contribution in [0, 0.1) is 5.92 Å². The molecule has 0 unspecified atom stereocenters. The van der Waals surface area contributed by atoms with E-state index in [4.69, 9.17) is 16.3 Å². The maximum absolute atomic E-state index is 12.5. The normalized spacial score (nSPS) is 13.4. The van der Waals surface area contributed by atoms with Crippen molar-refractivity contribution in [3.63, 3.8) is 0 Å². The molecule has 2 rings (SSSR count). The van der Waals surface area contributed by atoms with Gasteiger partial charge in [0.05, 0.1) is 11.1 Å². The van der Waals surface area contributed by atoms with Gasteiger partial charge in [0.1, 0.15) is 5.75 Å². The van der Waals surface area contributed by atoms with Gasteiger partial charge in [-0.1, -0.05) is 67.9 Å². The highest BCUT2D eigenvalue weighted by Gasteiger charge is 2.21. The average Bonchev–Trinajstić information content (AvgIpc) is 2.56. The molecule has 0 saturated carbocycles. The first kappa shape index (κ1) is 18.3. The van der Waals surface area contributed by atoms with Gasteiger partial charge in [0.15, 0.2) is 6.10 Å². The van der Waals surface area contributed by atoms with Crippen LogP contribution in [0.25, 0.3) is 0 Å². The quantitative estimate of drug-likeness (QED) is 0.765. The number of amides is 1. The van der Waals surface area contributed by atoms with Crippen LogP contribution in [-0.2, 0) is 4.79 Å². The van der Waals surface area contributed by atoms with E-state index in [-0.39, 0.29) is 11.9 Å². The molecule has 24 heavy (non-hydrogen) atoms. The van der Waals surface area contributed by atoms with Gasteiger partial charge in [0.2, 0.25) is 0 Å². The lowest BCUT2D eigenvalue weighted by atomic mass is 9.97. The second kappa shape index (κ2) is 8.74. The van der Waals surface area contributed by atoms with Crippen molar-refractivity contribution in [1.29, 1.82) is 0 Å². The highest BCUT2D eigenvalue weighted by Crippen LogP contribution is 2.25. The first-order valence-electron chi connectivity index (χ1n) is 8.24. The zero-order chi connectivity index (χ0) is 17.5. The van der Waals surface area contributed by atoms with Gasteiger partial charge in [-0.15, -0.1) is 0 Å². The Morgan fingerprint density at radius 3 is 2.29 bits per heavy atom. The molecule has 3 nitrogen and oxygen atoms in total. The van der Waals surface area contributed by atoms with Gasteiger partial charge in [0.25, 0.3) is 5.91 Å². The number of ether oxygens (including phenoxy) is 1. The lowest BCUT2D eigenvalue weighted by molar-refractivity contribution is -0.128. The van der Waals surface area contributed by atoms with E-state index in [0.29, 0.717) is 16.7 Å². The molecular formula is C20H24ClNO2. The van der Waals surface area contributed by atoms with Gasteiger partial charge in [-0.2, -0.15) is 0 Å². The number of hydrogen-bond donors (Lipinski definition) is 1. The van der Waals surface area contributed by atoms with Crippen molar-refractivity contribution in [1.82, 2.24) is 5.32 Å². The number of benzene rings is 2. The first-order valence-corrected chi connectivity index (χ1v) is 8.61. The average molecular weight is 346 g/mol. The summed E-state index contributed by atoms with van der Waals surface area (Å²) in [6, 6.07) is 17.1. The molecule has 0 bridgehead atoms. The molecule has 4 heteroatoms. The zero-order valence-electron chi connectivity index (χ0n) is 14.3. The van der Waals surface area contributed by atoms with E-state index >= 15 is 0 Å². The summed E-state index contributed by atoms with van der Waals surface area (Å²) in [4.78, 5) is 12.5. The molecule has 2 atom stereocenters. The van der Waals surface area contributed by atoms with Crippen LogP contribution in [0.15, 0.2) is 54.6 Å². The van der Waals surface area contributed by atoms with Crippen LogP contribution >= 0.6 is 11.6 Å². The maximum atomic E-state index is 12.5. The Hall–Kier alpha value is -2.00. The SMILES string of the molecule is CC(C)C[C@H](NC(=O)[C@@H](C)Oc1ccccc1Cl)c1ccccc1. The predicted molar refractivity (Wildman–Crippen MR) is 98.3 cm³/mol. The van der Waals surface area contributed by atoms with E-state index in [9.17, 15) is 4.79 Å². The van der Waals surface area contributed by atoms with E-state index in [1.54, 1.807) is 19.1 Å². The summed E-state index contributed by atoms with van der Waals surface area (Å²) in [6.07, 6.45) is 0.248. The van der Waals surface area contributed by atoms with Crippen LogP contribution in [0.5, 0.6) is 5.75 Å². The van der Waals surface area contributed by atoms with Crippen LogP contribution in [0.3, 0.4) is 0 Å². The lowest BCUT2D eigenvalue weighted by Crippen LogP contribution is -2.39. The summed E-state index contributed by atoms with van der Waals surface area (Å²) in [7, 11) is 0. The highest BCUT2D eigenvalue weighted by atomic mass is 35.5. The summed E-state index contributed by atoms with van der Waals surface area (Å²) in [5, 5.41) is 3.60. The minimum absolute atomic E-state index is 0.0315. The van der Waals surface area contributed by atoms with Gasteiger partial charge in [-0.05, 0) is 37.0 Å². The Kier molecular flexibility index (Phi) is 6.68. The molecule has 0 radical (unpaired) electrons. The van der Waals surface area contributed by atoms with Crippen LogP contribution in [-0.4, -0.2) is 12.0 Å². The molecule has 0 aliphatic carbocycles. The topological polar surface area (TPSA) is 38.3 Å². The van der Waals surface area contributed by atoms with Gasteiger partial charge in [-0.25, -0.2) is 0 Å². The zero-order valence-corrected chi connectivity index (χ0v) is 15.1. The molecule has 1 N–H and O–H groups in total. The van der Waals surface area contributed by atoms with Crippen LogP contribution < -0.4 is 10.1 Å². The molecule has 0 heterocycles. The number of para-hydroxylation sites is 1. The van der Waals surface area contributed by atoms with Crippen molar-refractivity contribution >= 4 is 17.5 Å². The Bertz CT molecular complexity index is 658. The van der Waals surface area contributed by atoms with Crippen LogP contribution in [0.2, 0.25) is 5.02 Å². The van der Waals surface area contributed by atoms with E-state index in [1.165, 1.54) is 0 Å².